The third kappa shape index (κ3) is 1.60. The lowest BCUT2D eigenvalue weighted by Crippen LogP contribution is -2.22. The van der Waals surface area contributed by atoms with Crippen molar-refractivity contribution in [3.05, 3.63) is 34.9 Å². The zero-order chi connectivity index (χ0) is 9.97. The van der Waals surface area contributed by atoms with E-state index in [1.807, 2.05) is 20.1 Å². The van der Waals surface area contributed by atoms with Crippen molar-refractivity contribution < 1.29 is 4.79 Å². The third-order valence-electron chi connectivity index (χ3n) is 2.97. The van der Waals surface area contributed by atoms with E-state index in [1.165, 1.54) is 24.0 Å². The molecule has 0 heterocycles. The molecule has 1 aliphatic carbocycles. The van der Waals surface area contributed by atoms with Crippen LogP contribution in [-0.2, 0) is 6.42 Å². The molecule has 2 rings (SSSR count). The highest BCUT2D eigenvalue weighted by molar-refractivity contribution is 6.04. The highest BCUT2D eigenvalue weighted by Gasteiger charge is 2.17. The molecule has 1 aromatic rings. The molecule has 0 saturated carbocycles. The first-order chi connectivity index (χ1) is 6.85. The van der Waals surface area contributed by atoms with Gasteiger partial charge in [0.25, 0.3) is 0 Å². The zero-order valence-electron chi connectivity index (χ0n) is 8.42. The Labute approximate surface area is 85.1 Å². The van der Waals surface area contributed by atoms with E-state index >= 15 is 0 Å². The van der Waals surface area contributed by atoms with Gasteiger partial charge in [-0.1, -0.05) is 12.1 Å². The van der Waals surface area contributed by atoms with Crippen molar-refractivity contribution in [2.45, 2.75) is 25.3 Å². The standard InChI is InChI=1S/C11H14BNO/c12-13-11-3-1-2-9-6-8(7-14)4-5-10(9)11/h4-7,11,13H,1-3,12H2/t11-/m1/s1. The van der Waals surface area contributed by atoms with Crippen LogP contribution in [0, 0.1) is 0 Å². The second-order valence-electron chi connectivity index (χ2n) is 3.81. The van der Waals surface area contributed by atoms with Crippen LogP contribution in [0.5, 0.6) is 0 Å². The average molecular weight is 187 g/mol. The van der Waals surface area contributed by atoms with Crippen LogP contribution in [0.4, 0.5) is 0 Å². The van der Waals surface area contributed by atoms with Crippen molar-refractivity contribution >= 4 is 14.3 Å². The molecule has 72 valence electrons. The molecule has 14 heavy (non-hydrogen) atoms. The van der Waals surface area contributed by atoms with Gasteiger partial charge in [-0.05, 0) is 36.5 Å². The van der Waals surface area contributed by atoms with Gasteiger partial charge in [0, 0.05) is 11.6 Å². The molecule has 0 unspecified atom stereocenters. The summed E-state index contributed by atoms with van der Waals surface area (Å²) >= 11 is 0. The van der Waals surface area contributed by atoms with Crippen molar-refractivity contribution in [3.8, 4) is 0 Å². The molecular formula is C11H14BNO. The first-order valence-corrected chi connectivity index (χ1v) is 5.10. The molecule has 0 aromatic heterocycles. The summed E-state index contributed by atoms with van der Waals surface area (Å²) in [4.78, 5) is 10.6. The van der Waals surface area contributed by atoms with E-state index in [4.69, 9.17) is 0 Å². The highest BCUT2D eigenvalue weighted by Crippen LogP contribution is 2.29. The minimum Gasteiger partial charge on any atom is -0.356 e. The molecule has 2 nitrogen and oxygen atoms in total. The summed E-state index contributed by atoms with van der Waals surface area (Å²) in [7, 11) is 1.99. The van der Waals surface area contributed by atoms with E-state index in [1.54, 1.807) is 0 Å². The van der Waals surface area contributed by atoms with E-state index in [9.17, 15) is 4.79 Å². The minimum atomic E-state index is 0.472. The summed E-state index contributed by atoms with van der Waals surface area (Å²) in [6, 6.07) is 6.48. The predicted octanol–water partition coefficient (Wildman–Crippen LogP) is 1.01. The van der Waals surface area contributed by atoms with Crippen LogP contribution < -0.4 is 5.23 Å². The molecule has 1 N–H and O–H groups in total. The van der Waals surface area contributed by atoms with Gasteiger partial charge < -0.3 is 5.23 Å². The van der Waals surface area contributed by atoms with E-state index in [0.717, 1.165) is 18.3 Å². The Morgan fingerprint density at radius 3 is 3.07 bits per heavy atom. The van der Waals surface area contributed by atoms with Crippen LogP contribution in [0.1, 0.15) is 40.4 Å². The molecule has 0 saturated heterocycles. The van der Waals surface area contributed by atoms with Crippen molar-refractivity contribution in [1.29, 1.82) is 0 Å². The first kappa shape index (κ1) is 9.47. The van der Waals surface area contributed by atoms with Crippen LogP contribution in [0.2, 0.25) is 0 Å². The summed E-state index contributed by atoms with van der Waals surface area (Å²) in [6.07, 6.45) is 4.43. The predicted molar refractivity (Wildman–Crippen MR) is 59.2 cm³/mol. The van der Waals surface area contributed by atoms with Gasteiger partial charge in [0.05, 0.1) is 0 Å². The SMILES string of the molecule is BN[C@@H]1CCCc2cc(C=O)ccc21. The monoisotopic (exact) mass is 187 g/mol. The highest BCUT2D eigenvalue weighted by atomic mass is 16.1. The van der Waals surface area contributed by atoms with Gasteiger partial charge >= 0.3 is 0 Å². The quantitative estimate of drug-likeness (QED) is 0.553. The van der Waals surface area contributed by atoms with Crippen LogP contribution >= 0.6 is 0 Å². The topological polar surface area (TPSA) is 29.1 Å². The fourth-order valence-corrected chi connectivity index (χ4v) is 2.21. The summed E-state index contributed by atoms with van der Waals surface area (Å²) in [5, 5.41) is 3.31. The molecule has 0 amide bonds. The summed E-state index contributed by atoms with van der Waals surface area (Å²) in [5.74, 6) is 0. The molecular weight excluding hydrogens is 173 g/mol. The summed E-state index contributed by atoms with van der Waals surface area (Å²) < 4.78 is 0. The van der Waals surface area contributed by atoms with E-state index in [2.05, 4.69) is 11.3 Å². The Balaban J connectivity index is 2.40. The van der Waals surface area contributed by atoms with Crippen molar-refractivity contribution in [1.82, 2.24) is 5.23 Å². The third-order valence-corrected chi connectivity index (χ3v) is 2.97. The number of aryl methyl sites for hydroxylation is 1. The second kappa shape index (κ2) is 3.97. The lowest BCUT2D eigenvalue weighted by atomic mass is 9.86. The molecule has 0 fully saturated rings. The Hall–Kier alpha value is -1.09. The van der Waals surface area contributed by atoms with E-state index < -0.39 is 0 Å². The number of carbonyl (C=O) groups is 1. The lowest BCUT2D eigenvalue weighted by Gasteiger charge is -2.25. The molecule has 1 atom stereocenters. The molecule has 0 aliphatic heterocycles. The van der Waals surface area contributed by atoms with Gasteiger partial charge in [-0.2, -0.15) is 0 Å². The van der Waals surface area contributed by atoms with Gasteiger partial charge in [-0.3, -0.25) is 4.79 Å². The number of hydrogen-bond acceptors (Lipinski definition) is 2. The van der Waals surface area contributed by atoms with E-state index in [-0.39, 0.29) is 0 Å². The number of hydrogen-bond donors (Lipinski definition) is 1. The Morgan fingerprint density at radius 2 is 2.36 bits per heavy atom. The Bertz CT molecular complexity index is 351. The Morgan fingerprint density at radius 1 is 1.50 bits per heavy atom. The normalized spacial score (nSPS) is 20.1. The number of nitrogens with one attached hydrogen (secondary N) is 1. The van der Waals surface area contributed by atoms with Gasteiger partial charge in [0.1, 0.15) is 6.29 Å². The van der Waals surface area contributed by atoms with Crippen LogP contribution in [0.3, 0.4) is 0 Å². The fourth-order valence-electron chi connectivity index (χ4n) is 2.21. The summed E-state index contributed by atoms with van der Waals surface area (Å²) in [5.41, 5.74) is 3.49. The van der Waals surface area contributed by atoms with Gasteiger partial charge in [-0.25, -0.2) is 0 Å². The minimum absolute atomic E-state index is 0.472. The number of fused-ring (bicyclic) bond motifs is 1. The maximum absolute atomic E-state index is 10.6. The number of benzene rings is 1. The van der Waals surface area contributed by atoms with Crippen molar-refractivity contribution in [2.75, 3.05) is 0 Å². The molecule has 1 aromatic carbocycles. The largest absolute Gasteiger partial charge is 0.356 e. The Kier molecular flexibility index (Phi) is 2.68. The van der Waals surface area contributed by atoms with Crippen molar-refractivity contribution in [2.24, 2.45) is 0 Å². The van der Waals surface area contributed by atoms with Gasteiger partial charge in [-0.15, -0.1) is 0 Å². The fraction of sp³-hybridized carbons (Fsp3) is 0.364. The smallest absolute Gasteiger partial charge is 0.182 e. The zero-order valence-corrected chi connectivity index (χ0v) is 8.42. The van der Waals surface area contributed by atoms with Crippen LogP contribution in [0.25, 0.3) is 0 Å². The summed E-state index contributed by atoms with van der Waals surface area (Å²) in [6.45, 7) is 0. The maximum atomic E-state index is 10.6. The second-order valence-corrected chi connectivity index (χ2v) is 3.81. The average Bonchev–Trinajstić information content (AvgIpc) is 2.27. The first-order valence-electron chi connectivity index (χ1n) is 5.10. The van der Waals surface area contributed by atoms with Gasteiger partial charge in [0.2, 0.25) is 0 Å². The molecule has 3 heteroatoms. The number of aldehydes is 1. The number of rotatable bonds is 2. The molecule has 1 aliphatic rings. The lowest BCUT2D eigenvalue weighted by molar-refractivity contribution is 0.112. The molecule has 0 bridgehead atoms. The molecule has 0 radical (unpaired) electrons. The number of carbonyl (C=O) groups excluding carboxylic acids is 1. The van der Waals surface area contributed by atoms with Crippen LogP contribution in [-0.4, -0.2) is 14.3 Å². The molecule has 0 spiro atoms. The van der Waals surface area contributed by atoms with Crippen molar-refractivity contribution in [3.63, 3.8) is 0 Å². The van der Waals surface area contributed by atoms with Crippen LogP contribution in [0.15, 0.2) is 18.2 Å². The van der Waals surface area contributed by atoms with Gasteiger partial charge in [0.15, 0.2) is 7.98 Å². The maximum Gasteiger partial charge on any atom is 0.182 e. The van der Waals surface area contributed by atoms with E-state index in [0.29, 0.717) is 6.04 Å².